The third kappa shape index (κ3) is 5.61. The molecule has 1 aromatic rings. The maximum Gasteiger partial charge on any atom is 0.0545 e. The fourth-order valence-electron chi connectivity index (χ4n) is 1.38. The van der Waals surface area contributed by atoms with Crippen LogP contribution in [0.5, 0.6) is 0 Å². The topological polar surface area (TPSA) is 32.3 Å². The SMILES string of the molecule is CC(CO)CSc1ccc(CNC(C)C)cc1Cl. The van der Waals surface area contributed by atoms with Crippen molar-refractivity contribution in [1.82, 2.24) is 5.32 Å². The molecule has 4 heteroatoms. The fraction of sp³-hybridized carbons (Fsp3) is 0.571. The Morgan fingerprint density at radius 2 is 2.06 bits per heavy atom. The normalized spacial score (nSPS) is 13.0. The highest BCUT2D eigenvalue weighted by molar-refractivity contribution is 7.99. The first-order valence-corrected chi connectivity index (χ1v) is 7.64. The Hall–Kier alpha value is -0.220. The Balaban J connectivity index is 2.56. The summed E-state index contributed by atoms with van der Waals surface area (Å²) in [4.78, 5) is 1.09. The molecule has 2 N–H and O–H groups in total. The zero-order valence-electron chi connectivity index (χ0n) is 11.2. The van der Waals surface area contributed by atoms with E-state index < -0.39 is 0 Å². The average Bonchev–Trinajstić information content (AvgIpc) is 2.34. The van der Waals surface area contributed by atoms with E-state index >= 15 is 0 Å². The summed E-state index contributed by atoms with van der Waals surface area (Å²) < 4.78 is 0. The van der Waals surface area contributed by atoms with Gasteiger partial charge in [-0.15, -0.1) is 11.8 Å². The van der Waals surface area contributed by atoms with Gasteiger partial charge in [-0.05, 0) is 23.6 Å². The molecule has 0 amide bonds. The molecular weight excluding hydrogens is 266 g/mol. The summed E-state index contributed by atoms with van der Waals surface area (Å²) in [7, 11) is 0. The molecule has 18 heavy (non-hydrogen) atoms. The van der Waals surface area contributed by atoms with Gasteiger partial charge in [0.15, 0.2) is 0 Å². The van der Waals surface area contributed by atoms with Crippen LogP contribution in [0.15, 0.2) is 23.1 Å². The number of thioether (sulfide) groups is 1. The zero-order valence-corrected chi connectivity index (χ0v) is 12.8. The minimum absolute atomic E-state index is 0.223. The number of aliphatic hydroxyl groups is 1. The maximum absolute atomic E-state index is 8.99. The van der Waals surface area contributed by atoms with E-state index in [1.165, 1.54) is 5.56 Å². The highest BCUT2D eigenvalue weighted by Gasteiger charge is 2.06. The summed E-state index contributed by atoms with van der Waals surface area (Å²) in [6.45, 7) is 7.35. The standard InChI is InChI=1S/C14H22ClNOS/c1-10(2)16-7-12-4-5-14(13(15)6-12)18-9-11(3)8-17/h4-6,10-11,16-17H,7-9H2,1-3H3. The molecule has 0 aliphatic rings. The van der Waals surface area contributed by atoms with Gasteiger partial charge in [-0.2, -0.15) is 0 Å². The molecule has 1 aromatic carbocycles. The number of hydrogen-bond acceptors (Lipinski definition) is 3. The smallest absolute Gasteiger partial charge is 0.0545 e. The van der Waals surface area contributed by atoms with Crippen molar-refractivity contribution in [3.63, 3.8) is 0 Å². The van der Waals surface area contributed by atoms with Crippen molar-refractivity contribution in [2.75, 3.05) is 12.4 Å². The molecule has 0 bridgehead atoms. The third-order valence-corrected chi connectivity index (χ3v) is 4.37. The number of hydrogen-bond donors (Lipinski definition) is 2. The Bertz CT molecular complexity index is 371. The van der Waals surface area contributed by atoms with Crippen LogP contribution in [0.3, 0.4) is 0 Å². The fourth-order valence-corrected chi connectivity index (χ4v) is 2.68. The minimum Gasteiger partial charge on any atom is -0.396 e. The lowest BCUT2D eigenvalue weighted by atomic mass is 10.2. The van der Waals surface area contributed by atoms with E-state index in [0.717, 1.165) is 22.2 Å². The Kier molecular flexibility index (Phi) is 7.08. The van der Waals surface area contributed by atoms with Crippen molar-refractivity contribution in [2.45, 2.75) is 38.3 Å². The largest absolute Gasteiger partial charge is 0.396 e. The quantitative estimate of drug-likeness (QED) is 0.752. The van der Waals surface area contributed by atoms with Crippen LogP contribution in [0.2, 0.25) is 5.02 Å². The van der Waals surface area contributed by atoms with Crippen LogP contribution < -0.4 is 5.32 Å². The van der Waals surface area contributed by atoms with E-state index in [1.54, 1.807) is 11.8 Å². The van der Waals surface area contributed by atoms with Crippen LogP contribution >= 0.6 is 23.4 Å². The molecule has 0 aliphatic carbocycles. The number of benzene rings is 1. The predicted octanol–water partition coefficient (Wildman–Crippen LogP) is 3.56. The first-order valence-electron chi connectivity index (χ1n) is 6.28. The van der Waals surface area contributed by atoms with Gasteiger partial charge in [-0.25, -0.2) is 0 Å². The Labute approximate surface area is 119 Å². The van der Waals surface area contributed by atoms with Crippen molar-refractivity contribution in [3.8, 4) is 0 Å². The second kappa shape index (κ2) is 8.05. The number of aliphatic hydroxyl groups excluding tert-OH is 1. The van der Waals surface area contributed by atoms with Gasteiger partial charge < -0.3 is 10.4 Å². The van der Waals surface area contributed by atoms with E-state index in [9.17, 15) is 0 Å². The molecule has 1 unspecified atom stereocenters. The number of nitrogens with one attached hydrogen (secondary N) is 1. The van der Waals surface area contributed by atoms with Crippen LogP contribution in [0.25, 0.3) is 0 Å². The van der Waals surface area contributed by atoms with Crippen molar-refractivity contribution < 1.29 is 5.11 Å². The molecule has 0 fully saturated rings. The van der Waals surface area contributed by atoms with Gasteiger partial charge in [0.2, 0.25) is 0 Å². The van der Waals surface area contributed by atoms with E-state index in [4.69, 9.17) is 16.7 Å². The van der Waals surface area contributed by atoms with Crippen molar-refractivity contribution in [1.29, 1.82) is 0 Å². The summed E-state index contributed by atoms with van der Waals surface area (Å²) in [6.07, 6.45) is 0. The van der Waals surface area contributed by atoms with Gasteiger partial charge in [0, 0.05) is 29.8 Å². The minimum atomic E-state index is 0.223. The second-order valence-electron chi connectivity index (χ2n) is 4.90. The van der Waals surface area contributed by atoms with E-state index in [-0.39, 0.29) is 6.61 Å². The number of rotatable bonds is 7. The summed E-state index contributed by atoms with van der Waals surface area (Å²) in [5.74, 6) is 1.19. The molecule has 0 saturated carbocycles. The van der Waals surface area contributed by atoms with Crippen LogP contribution in [0.1, 0.15) is 26.3 Å². The third-order valence-electron chi connectivity index (χ3n) is 2.55. The molecule has 0 aliphatic heterocycles. The van der Waals surface area contributed by atoms with Gasteiger partial charge in [0.05, 0.1) is 5.02 Å². The lowest BCUT2D eigenvalue weighted by Gasteiger charge is -2.11. The molecule has 0 heterocycles. The van der Waals surface area contributed by atoms with Gasteiger partial charge in [0.25, 0.3) is 0 Å². The summed E-state index contributed by atoms with van der Waals surface area (Å²) in [5, 5.41) is 13.2. The highest BCUT2D eigenvalue weighted by Crippen LogP contribution is 2.29. The monoisotopic (exact) mass is 287 g/mol. The molecule has 1 atom stereocenters. The molecule has 2 nitrogen and oxygen atoms in total. The second-order valence-corrected chi connectivity index (χ2v) is 6.37. The zero-order chi connectivity index (χ0) is 13.5. The van der Waals surface area contributed by atoms with Gasteiger partial charge in [0.1, 0.15) is 0 Å². The van der Waals surface area contributed by atoms with Crippen molar-refractivity contribution in [2.24, 2.45) is 5.92 Å². The van der Waals surface area contributed by atoms with E-state index in [0.29, 0.717) is 12.0 Å². The predicted molar refractivity (Wildman–Crippen MR) is 80.4 cm³/mol. The van der Waals surface area contributed by atoms with E-state index in [1.807, 2.05) is 13.0 Å². The first kappa shape index (κ1) is 15.8. The molecule has 0 saturated heterocycles. The van der Waals surface area contributed by atoms with Crippen molar-refractivity contribution >= 4 is 23.4 Å². The van der Waals surface area contributed by atoms with E-state index in [2.05, 4.69) is 31.3 Å². The Morgan fingerprint density at radius 3 is 2.61 bits per heavy atom. The molecule has 0 radical (unpaired) electrons. The van der Waals surface area contributed by atoms with Crippen LogP contribution in [0.4, 0.5) is 0 Å². The van der Waals surface area contributed by atoms with Gasteiger partial charge >= 0.3 is 0 Å². The van der Waals surface area contributed by atoms with Crippen molar-refractivity contribution in [3.05, 3.63) is 28.8 Å². The van der Waals surface area contributed by atoms with Gasteiger partial charge in [-0.1, -0.05) is 38.4 Å². The molecule has 1 rings (SSSR count). The highest BCUT2D eigenvalue weighted by atomic mass is 35.5. The first-order chi connectivity index (χ1) is 8.52. The van der Waals surface area contributed by atoms with Gasteiger partial charge in [-0.3, -0.25) is 0 Å². The van der Waals surface area contributed by atoms with Crippen LogP contribution in [-0.4, -0.2) is 23.5 Å². The molecular formula is C14H22ClNOS. The van der Waals surface area contributed by atoms with Crippen LogP contribution in [0, 0.1) is 5.92 Å². The molecule has 0 aromatic heterocycles. The molecule has 0 spiro atoms. The lowest BCUT2D eigenvalue weighted by molar-refractivity contribution is 0.250. The summed E-state index contributed by atoms with van der Waals surface area (Å²) >= 11 is 7.96. The lowest BCUT2D eigenvalue weighted by Crippen LogP contribution is -2.21. The Morgan fingerprint density at radius 1 is 1.33 bits per heavy atom. The average molecular weight is 288 g/mol. The summed E-state index contributed by atoms with van der Waals surface area (Å²) in [5.41, 5.74) is 1.20. The molecule has 102 valence electrons. The van der Waals surface area contributed by atoms with Crippen LogP contribution in [-0.2, 0) is 6.54 Å². The maximum atomic E-state index is 8.99. The summed E-state index contributed by atoms with van der Waals surface area (Å²) in [6, 6.07) is 6.66. The number of halogens is 1.